The van der Waals surface area contributed by atoms with Gasteiger partial charge in [-0.15, -0.1) is 5.10 Å². The summed E-state index contributed by atoms with van der Waals surface area (Å²) in [5.74, 6) is -0.106. The van der Waals surface area contributed by atoms with Gasteiger partial charge in [0, 0.05) is 31.0 Å². The molecule has 1 aromatic heterocycles. The number of amides is 3. The van der Waals surface area contributed by atoms with Gasteiger partial charge in [-0.3, -0.25) is 19.3 Å². The Labute approximate surface area is 137 Å². The second-order valence-electron chi connectivity index (χ2n) is 6.57. The second-order valence-corrected chi connectivity index (χ2v) is 7.32. The Morgan fingerprint density at radius 2 is 1.70 bits per heavy atom. The highest BCUT2D eigenvalue weighted by molar-refractivity contribution is 7.07. The Morgan fingerprint density at radius 3 is 2.22 bits per heavy atom. The summed E-state index contributed by atoms with van der Waals surface area (Å²) < 4.78 is 3.85. The van der Waals surface area contributed by atoms with Crippen molar-refractivity contribution in [3.8, 4) is 0 Å². The SMILES string of the molecule is Cc1nnsc1C(=O)N1[C@H]2CC[C@H]1CC(N1C(=O)CCC1=O)C2. The standard InChI is InChI=1S/C15H18N4O3S/c1-8-14(23-17-16-8)15(22)18-9-2-3-10(18)7-11(6-9)19-12(20)4-5-13(19)21/h9-11H,2-7H2,1H3/t9-,10-/m0/s1. The van der Waals surface area contributed by atoms with Crippen molar-refractivity contribution in [2.75, 3.05) is 0 Å². The molecule has 4 heterocycles. The molecule has 0 unspecified atom stereocenters. The Bertz CT molecular complexity index is 658. The van der Waals surface area contributed by atoms with E-state index in [0.29, 0.717) is 36.3 Å². The lowest BCUT2D eigenvalue weighted by Gasteiger charge is -2.41. The quantitative estimate of drug-likeness (QED) is 0.757. The average molecular weight is 334 g/mol. The van der Waals surface area contributed by atoms with Crippen LogP contribution in [0.4, 0.5) is 0 Å². The molecule has 23 heavy (non-hydrogen) atoms. The minimum absolute atomic E-state index is 0.00234. The first kappa shape index (κ1) is 14.7. The number of fused-ring (bicyclic) bond motifs is 2. The molecule has 3 amide bonds. The van der Waals surface area contributed by atoms with Crippen molar-refractivity contribution in [1.29, 1.82) is 0 Å². The molecular formula is C15H18N4O3S. The number of hydrogen-bond donors (Lipinski definition) is 0. The largest absolute Gasteiger partial charge is 0.332 e. The van der Waals surface area contributed by atoms with Gasteiger partial charge in [0.2, 0.25) is 11.8 Å². The molecule has 1 aromatic rings. The van der Waals surface area contributed by atoms with E-state index in [1.165, 1.54) is 4.90 Å². The molecule has 0 radical (unpaired) electrons. The van der Waals surface area contributed by atoms with Gasteiger partial charge in [0.15, 0.2) is 0 Å². The zero-order valence-corrected chi connectivity index (χ0v) is 13.7. The third-order valence-electron chi connectivity index (χ3n) is 5.24. The first-order valence-electron chi connectivity index (χ1n) is 8.02. The molecule has 8 heteroatoms. The number of rotatable bonds is 2. The van der Waals surface area contributed by atoms with Crippen LogP contribution in [0.1, 0.15) is 53.9 Å². The third-order valence-corrected chi connectivity index (χ3v) is 6.06. The van der Waals surface area contributed by atoms with Crippen molar-refractivity contribution in [3.63, 3.8) is 0 Å². The van der Waals surface area contributed by atoms with E-state index in [1.54, 1.807) is 6.92 Å². The molecule has 3 fully saturated rings. The van der Waals surface area contributed by atoms with Gasteiger partial charge in [0.05, 0.1) is 5.69 Å². The van der Waals surface area contributed by atoms with Crippen LogP contribution in [0.3, 0.4) is 0 Å². The van der Waals surface area contributed by atoms with Crippen LogP contribution in [0.5, 0.6) is 0 Å². The summed E-state index contributed by atoms with van der Waals surface area (Å²) in [6.45, 7) is 1.80. The molecule has 0 aromatic carbocycles. The van der Waals surface area contributed by atoms with Crippen LogP contribution in [-0.4, -0.2) is 55.2 Å². The predicted octanol–water partition coefficient (Wildman–Crippen LogP) is 1.13. The summed E-state index contributed by atoms with van der Waals surface area (Å²) in [5, 5.41) is 3.92. The lowest BCUT2D eigenvalue weighted by molar-refractivity contribution is -0.142. The molecule has 3 aliphatic heterocycles. The van der Waals surface area contributed by atoms with Crippen molar-refractivity contribution in [1.82, 2.24) is 19.4 Å². The van der Waals surface area contributed by atoms with Crippen molar-refractivity contribution in [2.45, 2.75) is 63.6 Å². The summed E-state index contributed by atoms with van der Waals surface area (Å²) in [5.41, 5.74) is 0.673. The Morgan fingerprint density at radius 1 is 1.09 bits per heavy atom. The smallest absolute Gasteiger partial charge is 0.268 e. The normalized spacial score (nSPS) is 30.4. The number of carbonyl (C=O) groups excluding carboxylic acids is 3. The maximum atomic E-state index is 12.8. The molecule has 2 atom stereocenters. The zero-order chi connectivity index (χ0) is 16.1. The van der Waals surface area contributed by atoms with Crippen LogP contribution in [0.2, 0.25) is 0 Å². The Hall–Kier alpha value is -1.83. The second kappa shape index (κ2) is 5.36. The van der Waals surface area contributed by atoms with E-state index in [0.717, 1.165) is 24.4 Å². The van der Waals surface area contributed by atoms with Crippen LogP contribution >= 0.6 is 11.5 Å². The molecule has 122 valence electrons. The van der Waals surface area contributed by atoms with Crippen molar-refractivity contribution in [2.24, 2.45) is 0 Å². The number of aromatic nitrogens is 2. The molecular weight excluding hydrogens is 316 g/mol. The molecule has 3 saturated heterocycles. The highest BCUT2D eigenvalue weighted by atomic mass is 32.1. The third kappa shape index (κ3) is 2.27. The van der Waals surface area contributed by atoms with E-state index >= 15 is 0 Å². The van der Waals surface area contributed by atoms with E-state index in [1.807, 2.05) is 4.90 Å². The van der Waals surface area contributed by atoms with Crippen LogP contribution in [0, 0.1) is 6.92 Å². The number of imide groups is 1. The minimum Gasteiger partial charge on any atom is -0.332 e. The van der Waals surface area contributed by atoms with Gasteiger partial charge in [-0.2, -0.15) is 0 Å². The molecule has 4 rings (SSSR count). The summed E-state index contributed by atoms with van der Waals surface area (Å²) >= 11 is 1.14. The van der Waals surface area contributed by atoms with Gasteiger partial charge in [-0.05, 0) is 44.1 Å². The summed E-state index contributed by atoms with van der Waals surface area (Å²) in [7, 11) is 0. The van der Waals surface area contributed by atoms with Gasteiger partial charge < -0.3 is 4.90 Å². The predicted molar refractivity (Wildman–Crippen MR) is 81.7 cm³/mol. The fraction of sp³-hybridized carbons (Fsp3) is 0.667. The summed E-state index contributed by atoms with van der Waals surface area (Å²) in [6.07, 6.45) is 3.94. The highest BCUT2D eigenvalue weighted by Crippen LogP contribution is 2.40. The van der Waals surface area contributed by atoms with E-state index in [2.05, 4.69) is 9.59 Å². The molecule has 0 spiro atoms. The fourth-order valence-electron chi connectivity index (χ4n) is 4.24. The zero-order valence-electron chi connectivity index (χ0n) is 12.9. The monoisotopic (exact) mass is 334 g/mol. The summed E-state index contributed by atoms with van der Waals surface area (Å²) in [4.78, 5) is 40.8. The number of nitrogens with zero attached hydrogens (tertiary/aromatic N) is 4. The molecule has 3 aliphatic rings. The number of likely N-dealkylation sites (tertiary alicyclic amines) is 1. The minimum atomic E-state index is -0.0540. The average Bonchev–Trinajstić information content (AvgIpc) is 3.16. The van der Waals surface area contributed by atoms with Crippen LogP contribution < -0.4 is 0 Å². The maximum absolute atomic E-state index is 12.8. The fourth-order valence-corrected chi connectivity index (χ4v) is 4.84. The van der Waals surface area contributed by atoms with Crippen LogP contribution in [0.15, 0.2) is 0 Å². The van der Waals surface area contributed by atoms with Crippen LogP contribution in [0.25, 0.3) is 0 Å². The van der Waals surface area contributed by atoms with E-state index < -0.39 is 0 Å². The molecule has 0 aliphatic carbocycles. The molecule has 2 bridgehead atoms. The number of aryl methyl sites for hydroxylation is 1. The molecule has 0 saturated carbocycles. The number of hydrogen-bond acceptors (Lipinski definition) is 6. The van der Waals surface area contributed by atoms with Gasteiger partial charge in [-0.25, -0.2) is 0 Å². The van der Waals surface area contributed by atoms with Crippen molar-refractivity contribution < 1.29 is 14.4 Å². The number of carbonyl (C=O) groups is 3. The van der Waals surface area contributed by atoms with Gasteiger partial charge >= 0.3 is 0 Å². The highest BCUT2D eigenvalue weighted by Gasteiger charge is 2.48. The first-order valence-corrected chi connectivity index (χ1v) is 8.80. The molecule has 0 N–H and O–H groups in total. The number of piperidine rings is 1. The van der Waals surface area contributed by atoms with E-state index in [4.69, 9.17) is 0 Å². The van der Waals surface area contributed by atoms with Gasteiger partial charge in [0.1, 0.15) is 4.88 Å². The van der Waals surface area contributed by atoms with Crippen molar-refractivity contribution >= 4 is 29.3 Å². The lowest BCUT2D eigenvalue weighted by atomic mass is 9.95. The van der Waals surface area contributed by atoms with Crippen LogP contribution in [-0.2, 0) is 9.59 Å². The van der Waals surface area contributed by atoms with Crippen molar-refractivity contribution in [3.05, 3.63) is 10.6 Å². The lowest BCUT2D eigenvalue weighted by Crippen LogP contribution is -2.53. The van der Waals surface area contributed by atoms with E-state index in [9.17, 15) is 14.4 Å². The Kier molecular flexibility index (Phi) is 3.44. The molecule has 7 nitrogen and oxygen atoms in total. The van der Waals surface area contributed by atoms with Gasteiger partial charge in [-0.1, -0.05) is 4.49 Å². The maximum Gasteiger partial charge on any atom is 0.268 e. The summed E-state index contributed by atoms with van der Waals surface area (Å²) in [6, 6.07) is 0.169. The topological polar surface area (TPSA) is 83.5 Å². The van der Waals surface area contributed by atoms with E-state index in [-0.39, 0.29) is 35.8 Å². The Balaban J connectivity index is 1.55. The first-order chi connectivity index (χ1) is 11.1. The van der Waals surface area contributed by atoms with Gasteiger partial charge in [0.25, 0.3) is 5.91 Å².